The maximum absolute atomic E-state index is 9.28. The molecule has 0 amide bonds. The molecule has 1 aliphatic rings. The van der Waals surface area contributed by atoms with Crippen LogP contribution in [-0.4, -0.2) is 40.4 Å². The minimum Gasteiger partial charge on any atom is -0.394 e. The van der Waals surface area contributed by atoms with Gasteiger partial charge in [0.2, 0.25) is 0 Å². The summed E-state index contributed by atoms with van der Waals surface area (Å²) >= 11 is 0. The third-order valence-electron chi connectivity index (χ3n) is 3.32. The predicted molar refractivity (Wildman–Crippen MR) is 58.4 cm³/mol. The summed E-state index contributed by atoms with van der Waals surface area (Å²) in [4.78, 5) is 2.14. The SMILES string of the molecule is OCC1(CO)CCN1Cc1ccccc1. The lowest BCUT2D eigenvalue weighted by atomic mass is 9.85. The lowest BCUT2D eigenvalue weighted by molar-refractivity contribution is -0.0904. The molecule has 0 bridgehead atoms. The highest BCUT2D eigenvalue weighted by molar-refractivity contribution is 5.16. The summed E-state index contributed by atoms with van der Waals surface area (Å²) < 4.78 is 0. The van der Waals surface area contributed by atoms with Crippen LogP contribution >= 0.6 is 0 Å². The van der Waals surface area contributed by atoms with Gasteiger partial charge in [0.1, 0.15) is 0 Å². The number of hydrogen-bond donors (Lipinski definition) is 2. The molecule has 82 valence electrons. The summed E-state index contributed by atoms with van der Waals surface area (Å²) in [6, 6.07) is 10.1. The largest absolute Gasteiger partial charge is 0.394 e. The Labute approximate surface area is 90.0 Å². The van der Waals surface area contributed by atoms with Crippen molar-refractivity contribution in [1.82, 2.24) is 4.90 Å². The monoisotopic (exact) mass is 207 g/mol. The molecule has 0 aliphatic carbocycles. The first-order chi connectivity index (χ1) is 7.30. The van der Waals surface area contributed by atoms with Gasteiger partial charge in [-0.15, -0.1) is 0 Å². The summed E-state index contributed by atoms with van der Waals surface area (Å²) in [5.74, 6) is 0. The van der Waals surface area contributed by atoms with E-state index in [-0.39, 0.29) is 18.8 Å². The third kappa shape index (κ3) is 1.91. The van der Waals surface area contributed by atoms with E-state index in [0.29, 0.717) is 0 Å². The molecule has 1 fully saturated rings. The number of benzene rings is 1. The van der Waals surface area contributed by atoms with Crippen molar-refractivity contribution in [3.8, 4) is 0 Å². The Morgan fingerprint density at radius 2 is 1.80 bits per heavy atom. The van der Waals surface area contributed by atoms with Gasteiger partial charge in [0.05, 0.1) is 18.8 Å². The lowest BCUT2D eigenvalue weighted by Crippen LogP contribution is -2.63. The molecule has 3 nitrogen and oxygen atoms in total. The molecule has 0 saturated carbocycles. The smallest absolute Gasteiger partial charge is 0.0688 e. The van der Waals surface area contributed by atoms with E-state index < -0.39 is 0 Å². The van der Waals surface area contributed by atoms with Crippen LogP contribution in [0, 0.1) is 0 Å². The summed E-state index contributed by atoms with van der Waals surface area (Å²) in [5, 5.41) is 18.6. The average Bonchev–Trinajstić information content (AvgIpc) is 2.28. The molecule has 0 aromatic heterocycles. The van der Waals surface area contributed by atoms with Gasteiger partial charge in [-0.3, -0.25) is 4.90 Å². The molecule has 1 aromatic rings. The van der Waals surface area contributed by atoms with Gasteiger partial charge in [0.15, 0.2) is 0 Å². The fraction of sp³-hybridized carbons (Fsp3) is 0.500. The van der Waals surface area contributed by atoms with Gasteiger partial charge in [-0.25, -0.2) is 0 Å². The van der Waals surface area contributed by atoms with Crippen LogP contribution in [0.15, 0.2) is 30.3 Å². The summed E-state index contributed by atoms with van der Waals surface area (Å²) in [7, 11) is 0. The van der Waals surface area contributed by atoms with E-state index >= 15 is 0 Å². The Morgan fingerprint density at radius 1 is 1.13 bits per heavy atom. The molecule has 3 heteroatoms. The number of hydrogen-bond acceptors (Lipinski definition) is 3. The van der Waals surface area contributed by atoms with Crippen LogP contribution < -0.4 is 0 Å². The molecule has 0 atom stereocenters. The normalized spacial score (nSPS) is 19.9. The number of likely N-dealkylation sites (tertiary alicyclic amines) is 1. The maximum Gasteiger partial charge on any atom is 0.0688 e. The van der Waals surface area contributed by atoms with E-state index in [1.807, 2.05) is 18.2 Å². The predicted octanol–water partition coefficient (Wildman–Crippen LogP) is 0.616. The molecular formula is C12H17NO2. The van der Waals surface area contributed by atoms with Crippen LogP contribution in [-0.2, 0) is 6.54 Å². The van der Waals surface area contributed by atoms with Gasteiger partial charge in [-0.2, -0.15) is 0 Å². The van der Waals surface area contributed by atoms with E-state index in [9.17, 15) is 10.2 Å². The molecule has 1 aliphatic heterocycles. The topological polar surface area (TPSA) is 43.7 Å². The quantitative estimate of drug-likeness (QED) is 0.760. The maximum atomic E-state index is 9.28. The first-order valence-electron chi connectivity index (χ1n) is 5.31. The number of nitrogens with zero attached hydrogens (tertiary/aromatic N) is 1. The van der Waals surface area contributed by atoms with E-state index in [2.05, 4.69) is 17.0 Å². The molecule has 2 rings (SSSR count). The molecule has 1 aromatic carbocycles. The molecule has 1 heterocycles. The van der Waals surface area contributed by atoms with Gasteiger partial charge in [-0.05, 0) is 12.0 Å². The van der Waals surface area contributed by atoms with Crippen LogP contribution in [0.25, 0.3) is 0 Å². The minimum absolute atomic E-state index is 0.0380. The van der Waals surface area contributed by atoms with Gasteiger partial charge in [0.25, 0.3) is 0 Å². The van der Waals surface area contributed by atoms with Crippen molar-refractivity contribution in [2.45, 2.75) is 18.5 Å². The van der Waals surface area contributed by atoms with Crippen molar-refractivity contribution in [3.05, 3.63) is 35.9 Å². The van der Waals surface area contributed by atoms with Crippen LogP contribution in [0.1, 0.15) is 12.0 Å². The second-order valence-electron chi connectivity index (χ2n) is 4.20. The molecule has 15 heavy (non-hydrogen) atoms. The van der Waals surface area contributed by atoms with Crippen molar-refractivity contribution in [3.63, 3.8) is 0 Å². The highest BCUT2D eigenvalue weighted by Crippen LogP contribution is 2.31. The fourth-order valence-corrected chi connectivity index (χ4v) is 2.04. The van der Waals surface area contributed by atoms with E-state index in [1.165, 1.54) is 5.56 Å². The summed E-state index contributed by atoms with van der Waals surface area (Å²) in [6.07, 6.45) is 0.882. The number of aliphatic hydroxyl groups is 2. The van der Waals surface area contributed by atoms with Crippen molar-refractivity contribution in [2.24, 2.45) is 0 Å². The minimum atomic E-state index is -0.379. The zero-order valence-corrected chi connectivity index (χ0v) is 8.76. The van der Waals surface area contributed by atoms with Gasteiger partial charge in [-0.1, -0.05) is 30.3 Å². The Balaban J connectivity index is 2.02. The number of aliphatic hydroxyl groups excluding tert-OH is 2. The molecule has 0 unspecified atom stereocenters. The first-order valence-corrected chi connectivity index (χ1v) is 5.31. The van der Waals surface area contributed by atoms with E-state index in [4.69, 9.17) is 0 Å². The lowest BCUT2D eigenvalue weighted by Gasteiger charge is -2.51. The second-order valence-corrected chi connectivity index (χ2v) is 4.20. The van der Waals surface area contributed by atoms with Gasteiger partial charge >= 0.3 is 0 Å². The summed E-state index contributed by atoms with van der Waals surface area (Å²) in [5.41, 5.74) is 0.846. The molecule has 0 spiro atoms. The van der Waals surface area contributed by atoms with Crippen LogP contribution in [0.4, 0.5) is 0 Å². The zero-order valence-electron chi connectivity index (χ0n) is 8.76. The Hall–Kier alpha value is -0.900. The highest BCUT2D eigenvalue weighted by Gasteiger charge is 2.43. The Kier molecular flexibility index (Phi) is 3.05. The fourth-order valence-electron chi connectivity index (χ4n) is 2.04. The standard InChI is InChI=1S/C12H17NO2/c14-9-12(10-15)6-7-13(12)8-11-4-2-1-3-5-11/h1-5,14-15H,6-10H2. The highest BCUT2D eigenvalue weighted by atomic mass is 16.3. The number of rotatable bonds is 4. The van der Waals surface area contributed by atoms with Crippen molar-refractivity contribution in [1.29, 1.82) is 0 Å². The third-order valence-corrected chi connectivity index (χ3v) is 3.32. The van der Waals surface area contributed by atoms with Crippen molar-refractivity contribution >= 4 is 0 Å². The average molecular weight is 207 g/mol. The van der Waals surface area contributed by atoms with E-state index in [1.54, 1.807) is 0 Å². The van der Waals surface area contributed by atoms with Gasteiger partial charge in [0, 0.05) is 13.1 Å². The molecular weight excluding hydrogens is 190 g/mol. The van der Waals surface area contributed by atoms with Gasteiger partial charge < -0.3 is 10.2 Å². The molecule has 0 radical (unpaired) electrons. The molecule has 1 saturated heterocycles. The van der Waals surface area contributed by atoms with Crippen molar-refractivity contribution < 1.29 is 10.2 Å². The van der Waals surface area contributed by atoms with Crippen LogP contribution in [0.3, 0.4) is 0 Å². The summed E-state index contributed by atoms with van der Waals surface area (Å²) in [6.45, 7) is 1.84. The van der Waals surface area contributed by atoms with E-state index in [0.717, 1.165) is 19.5 Å². The van der Waals surface area contributed by atoms with Crippen molar-refractivity contribution in [2.75, 3.05) is 19.8 Å². The zero-order chi connectivity index (χ0) is 10.7. The second kappa shape index (κ2) is 4.31. The Bertz CT molecular complexity index is 303. The molecule has 2 N–H and O–H groups in total. The van der Waals surface area contributed by atoms with Crippen LogP contribution in [0.5, 0.6) is 0 Å². The Morgan fingerprint density at radius 3 is 2.27 bits per heavy atom. The first kappa shape index (κ1) is 10.6. The van der Waals surface area contributed by atoms with Crippen LogP contribution in [0.2, 0.25) is 0 Å².